The van der Waals surface area contributed by atoms with Crippen LogP contribution in [0.5, 0.6) is 0 Å². The van der Waals surface area contributed by atoms with Crippen molar-refractivity contribution >= 4 is 23.2 Å². The first-order valence-electron chi connectivity index (χ1n) is 13.3. The number of hydrogen-bond donors (Lipinski definition) is 3. The number of halogens is 8. The summed E-state index contributed by atoms with van der Waals surface area (Å²) in [6.45, 7) is 2.54. The quantitative estimate of drug-likeness (QED) is 0.187. The van der Waals surface area contributed by atoms with Crippen molar-refractivity contribution in [3.63, 3.8) is 0 Å². The minimum atomic E-state index is -4.91. The van der Waals surface area contributed by atoms with Crippen LogP contribution in [0.3, 0.4) is 0 Å². The molecule has 4 rings (SSSR count). The summed E-state index contributed by atoms with van der Waals surface area (Å²) in [5.41, 5.74) is -3.98. The highest BCUT2D eigenvalue weighted by Crippen LogP contribution is 2.38. The van der Waals surface area contributed by atoms with E-state index < -0.39 is 83.3 Å². The van der Waals surface area contributed by atoms with Crippen molar-refractivity contribution in [3.05, 3.63) is 82.4 Å². The van der Waals surface area contributed by atoms with Crippen molar-refractivity contribution in [1.82, 2.24) is 19.7 Å². The number of carbonyl (C=O) groups excluding carboxylic acids is 1. The summed E-state index contributed by atoms with van der Waals surface area (Å²) in [7, 11) is 0. The molecule has 0 aliphatic rings. The molecule has 1 amide bonds. The zero-order valence-electron chi connectivity index (χ0n) is 23.7. The summed E-state index contributed by atoms with van der Waals surface area (Å²) < 4.78 is 112. The van der Waals surface area contributed by atoms with Crippen LogP contribution in [0.25, 0.3) is 16.9 Å². The number of amides is 1. The Morgan fingerprint density at radius 3 is 2.28 bits per heavy atom. The van der Waals surface area contributed by atoms with Crippen LogP contribution in [0.1, 0.15) is 46.2 Å². The molecule has 3 N–H and O–H groups in total. The van der Waals surface area contributed by atoms with Crippen LogP contribution >= 0.6 is 0 Å². The van der Waals surface area contributed by atoms with Gasteiger partial charge in [-0.2, -0.15) is 31.6 Å². The van der Waals surface area contributed by atoms with Gasteiger partial charge in [-0.3, -0.25) is 9.78 Å². The third kappa shape index (κ3) is 6.85. The number of fused-ring (bicyclic) bond motifs is 1. The number of nitriles is 1. The Balaban J connectivity index is 1.65. The molecule has 2 unspecified atom stereocenters. The topological polar surface area (TPSA) is 132 Å². The van der Waals surface area contributed by atoms with Gasteiger partial charge in [0, 0.05) is 35.8 Å². The van der Waals surface area contributed by atoms with Crippen molar-refractivity contribution < 1.29 is 49.8 Å². The smallest absolute Gasteiger partial charge is 0.418 e. The number of nitrogens with one attached hydrogen (secondary N) is 2. The van der Waals surface area contributed by atoms with Gasteiger partial charge in [0.2, 0.25) is 0 Å². The number of aryl methyl sites for hydroxylation is 1. The molecule has 2 atom stereocenters. The standard InChI is InChI=1S/C29H22F8N6O3/c1-3-22(29(35,36)37)41-15-9-19(30)23(20(31)10-15)26(44)42-21(27(45)46)11-16-4-5-17(25-39-6-7-43(16)25)24-18(28(32,33)34)8-14(12-38)13(2)40-24/h4-10,21-22,41H,3,11H2,1-2H3,(H,42,44)(H,45,46). The lowest BCUT2D eigenvalue weighted by molar-refractivity contribution is -0.143. The number of alkyl halides is 6. The van der Waals surface area contributed by atoms with Crippen LogP contribution in [-0.2, 0) is 17.4 Å². The lowest BCUT2D eigenvalue weighted by atomic mass is 10.0. The molecule has 242 valence electrons. The average Bonchev–Trinajstić information content (AvgIpc) is 3.44. The number of benzene rings is 1. The van der Waals surface area contributed by atoms with Crippen LogP contribution in [0.4, 0.5) is 40.8 Å². The predicted molar refractivity (Wildman–Crippen MR) is 146 cm³/mol. The summed E-state index contributed by atoms with van der Waals surface area (Å²) >= 11 is 0. The molecule has 0 spiro atoms. The second-order valence-electron chi connectivity index (χ2n) is 10.0. The van der Waals surface area contributed by atoms with Crippen molar-refractivity contribution in [1.29, 1.82) is 5.26 Å². The zero-order chi connectivity index (χ0) is 34.1. The van der Waals surface area contributed by atoms with Crippen molar-refractivity contribution in [3.8, 4) is 17.3 Å². The Bertz CT molecular complexity index is 1840. The molecule has 0 saturated carbocycles. The molecule has 0 aliphatic carbocycles. The van der Waals surface area contributed by atoms with Gasteiger partial charge in [0.15, 0.2) is 0 Å². The normalized spacial score (nSPS) is 13.2. The summed E-state index contributed by atoms with van der Waals surface area (Å²) in [6, 6.07) is 1.69. The third-order valence-electron chi connectivity index (χ3n) is 6.96. The Hall–Kier alpha value is -5.27. The summed E-state index contributed by atoms with van der Waals surface area (Å²) in [5.74, 6) is -6.30. The Kier molecular flexibility index (Phi) is 9.22. The van der Waals surface area contributed by atoms with Gasteiger partial charge in [-0.15, -0.1) is 0 Å². The lowest BCUT2D eigenvalue weighted by Gasteiger charge is -2.22. The highest BCUT2D eigenvalue weighted by Gasteiger charge is 2.39. The molecule has 4 aromatic rings. The zero-order valence-corrected chi connectivity index (χ0v) is 23.7. The fourth-order valence-electron chi connectivity index (χ4n) is 4.69. The van der Waals surface area contributed by atoms with E-state index in [0.717, 1.165) is 0 Å². The SMILES string of the molecule is CCC(Nc1cc(F)c(C(=O)NC(Cc2ccc(-c3nc(C)c(C#N)cc3C(F)(F)F)c3nccn23)C(=O)O)c(F)c1)C(F)(F)F. The minimum absolute atomic E-state index is 0.0155. The lowest BCUT2D eigenvalue weighted by Crippen LogP contribution is -2.43. The first-order chi connectivity index (χ1) is 21.5. The largest absolute Gasteiger partial charge is 0.480 e. The van der Waals surface area contributed by atoms with Gasteiger partial charge in [0.1, 0.15) is 41.0 Å². The van der Waals surface area contributed by atoms with Crippen molar-refractivity contribution in [2.24, 2.45) is 0 Å². The molecule has 3 heterocycles. The summed E-state index contributed by atoms with van der Waals surface area (Å²) in [6.07, 6.45) is -8.14. The van der Waals surface area contributed by atoms with E-state index in [1.54, 1.807) is 6.07 Å². The monoisotopic (exact) mass is 654 g/mol. The molecule has 0 bridgehead atoms. The fourth-order valence-corrected chi connectivity index (χ4v) is 4.69. The molecule has 17 heteroatoms. The van der Waals surface area contributed by atoms with Crippen LogP contribution in [0.15, 0.2) is 42.7 Å². The first-order valence-corrected chi connectivity index (χ1v) is 13.3. The Labute approximate surface area is 254 Å². The number of aromatic nitrogens is 3. The minimum Gasteiger partial charge on any atom is -0.480 e. The van der Waals surface area contributed by atoms with Crippen molar-refractivity contribution in [2.45, 2.75) is 51.1 Å². The van der Waals surface area contributed by atoms with E-state index in [1.165, 1.54) is 42.8 Å². The number of hydrogen-bond acceptors (Lipinski definition) is 6. The Morgan fingerprint density at radius 2 is 1.74 bits per heavy atom. The van der Waals surface area contributed by atoms with E-state index in [4.69, 9.17) is 0 Å². The molecular weight excluding hydrogens is 632 g/mol. The first kappa shape index (κ1) is 33.6. The van der Waals surface area contributed by atoms with E-state index in [9.17, 15) is 55.1 Å². The van der Waals surface area contributed by atoms with Crippen LogP contribution in [0.2, 0.25) is 0 Å². The van der Waals surface area contributed by atoms with Gasteiger partial charge in [-0.1, -0.05) is 6.92 Å². The number of imidazole rings is 1. The highest BCUT2D eigenvalue weighted by atomic mass is 19.4. The molecular formula is C29H22F8N6O3. The molecule has 0 saturated heterocycles. The van der Waals surface area contributed by atoms with E-state index in [-0.39, 0.29) is 28.2 Å². The predicted octanol–water partition coefficient (Wildman–Crippen LogP) is 6.05. The second-order valence-corrected chi connectivity index (χ2v) is 10.0. The van der Waals surface area contributed by atoms with Crippen LogP contribution < -0.4 is 10.6 Å². The van der Waals surface area contributed by atoms with Gasteiger partial charge < -0.3 is 20.1 Å². The molecule has 46 heavy (non-hydrogen) atoms. The molecule has 0 fully saturated rings. The van der Waals surface area contributed by atoms with Gasteiger partial charge >= 0.3 is 18.3 Å². The summed E-state index contributed by atoms with van der Waals surface area (Å²) in [4.78, 5) is 32.9. The molecule has 3 aromatic heterocycles. The fraction of sp³-hybridized carbons (Fsp3) is 0.276. The number of carboxylic acids is 1. The average molecular weight is 655 g/mol. The van der Waals surface area contributed by atoms with E-state index in [2.05, 4.69) is 9.97 Å². The molecule has 0 radical (unpaired) electrons. The molecule has 1 aromatic carbocycles. The molecule has 9 nitrogen and oxygen atoms in total. The van der Waals surface area contributed by atoms with E-state index in [0.29, 0.717) is 18.2 Å². The Morgan fingerprint density at radius 1 is 1.09 bits per heavy atom. The number of aliphatic carboxylic acids is 1. The van der Waals surface area contributed by atoms with Crippen LogP contribution in [0, 0.1) is 29.9 Å². The van der Waals surface area contributed by atoms with E-state index in [1.807, 2.05) is 10.6 Å². The number of pyridine rings is 2. The maximum atomic E-state index is 14.8. The number of carboxylic acid groups (broad SMARTS) is 1. The number of carbonyl (C=O) groups is 2. The maximum absolute atomic E-state index is 14.8. The second kappa shape index (κ2) is 12.6. The van der Waals surface area contributed by atoms with Gasteiger partial charge in [-0.05, 0) is 43.7 Å². The number of anilines is 1. The maximum Gasteiger partial charge on any atom is 0.418 e. The molecule has 0 aliphatic heterocycles. The van der Waals surface area contributed by atoms with Gasteiger partial charge in [0.25, 0.3) is 5.91 Å². The number of nitrogens with zero attached hydrogens (tertiary/aromatic N) is 4. The van der Waals surface area contributed by atoms with E-state index >= 15 is 0 Å². The van der Waals surface area contributed by atoms with Gasteiger partial charge in [0.05, 0.1) is 22.5 Å². The van der Waals surface area contributed by atoms with Crippen LogP contribution in [-0.4, -0.2) is 49.6 Å². The number of rotatable bonds is 9. The highest BCUT2D eigenvalue weighted by molar-refractivity contribution is 5.97. The summed E-state index contributed by atoms with van der Waals surface area (Å²) in [5, 5.41) is 22.9. The van der Waals surface area contributed by atoms with Crippen molar-refractivity contribution in [2.75, 3.05) is 5.32 Å². The van der Waals surface area contributed by atoms with Gasteiger partial charge in [-0.25, -0.2) is 18.6 Å². The third-order valence-corrected chi connectivity index (χ3v) is 6.96.